The molecule has 0 saturated carbocycles. The van der Waals surface area contributed by atoms with Crippen molar-refractivity contribution in [1.29, 1.82) is 0 Å². The number of benzene rings is 1. The second-order valence-electron chi connectivity index (χ2n) is 4.45. The van der Waals surface area contributed by atoms with Gasteiger partial charge in [0.25, 0.3) is 0 Å². The van der Waals surface area contributed by atoms with E-state index in [1.165, 1.54) is 12.1 Å². The third kappa shape index (κ3) is 3.03. The zero-order chi connectivity index (χ0) is 13.0. The van der Waals surface area contributed by atoms with Crippen LogP contribution >= 0.6 is 0 Å². The number of piperazine rings is 1. The summed E-state index contributed by atoms with van der Waals surface area (Å²) in [6.45, 7) is 2.62. The molecule has 1 heterocycles. The lowest BCUT2D eigenvalue weighted by Gasteiger charge is -2.35. The third-order valence-electron chi connectivity index (χ3n) is 3.30. The van der Waals surface area contributed by atoms with Crippen LogP contribution in [-0.2, 0) is 0 Å². The van der Waals surface area contributed by atoms with Crippen LogP contribution in [0.15, 0.2) is 18.2 Å². The molecule has 18 heavy (non-hydrogen) atoms. The first-order valence-electron chi connectivity index (χ1n) is 6.18. The largest absolute Gasteiger partial charge is 0.314 e. The molecule has 1 N–H and O–H groups in total. The number of halogens is 3. The van der Waals surface area contributed by atoms with Crippen molar-refractivity contribution in [3.05, 3.63) is 35.4 Å². The zero-order valence-corrected chi connectivity index (χ0v) is 10.1. The standard InChI is InChI=1S/C13H17F3N2/c14-4-3-13(18-7-5-17-6-8-18)11-2-1-10(15)9-12(11)16/h1-2,9,13,17H,3-8H2/t13-/m0/s1. The van der Waals surface area contributed by atoms with E-state index < -0.39 is 18.3 Å². The molecular weight excluding hydrogens is 241 g/mol. The van der Waals surface area contributed by atoms with E-state index in [9.17, 15) is 13.2 Å². The van der Waals surface area contributed by atoms with Gasteiger partial charge in [0.2, 0.25) is 0 Å². The van der Waals surface area contributed by atoms with E-state index in [1.807, 2.05) is 4.90 Å². The lowest BCUT2D eigenvalue weighted by atomic mass is 10.0. The monoisotopic (exact) mass is 258 g/mol. The Hall–Kier alpha value is -1.07. The Morgan fingerprint density at radius 2 is 1.94 bits per heavy atom. The van der Waals surface area contributed by atoms with Gasteiger partial charge in [-0.1, -0.05) is 6.07 Å². The van der Waals surface area contributed by atoms with Crippen molar-refractivity contribution in [3.8, 4) is 0 Å². The van der Waals surface area contributed by atoms with Crippen molar-refractivity contribution in [2.24, 2.45) is 0 Å². The molecule has 100 valence electrons. The summed E-state index contributed by atoms with van der Waals surface area (Å²) in [5.74, 6) is -1.19. The van der Waals surface area contributed by atoms with Gasteiger partial charge in [-0.25, -0.2) is 8.78 Å². The minimum atomic E-state index is -0.601. The first-order valence-corrected chi connectivity index (χ1v) is 6.18. The summed E-state index contributed by atoms with van der Waals surface area (Å²) in [5, 5.41) is 3.20. The smallest absolute Gasteiger partial charge is 0.130 e. The first kappa shape index (κ1) is 13.4. The van der Waals surface area contributed by atoms with E-state index in [0.717, 1.165) is 32.2 Å². The highest BCUT2D eigenvalue weighted by Gasteiger charge is 2.24. The third-order valence-corrected chi connectivity index (χ3v) is 3.30. The summed E-state index contributed by atoms with van der Waals surface area (Å²) < 4.78 is 39.3. The van der Waals surface area contributed by atoms with Gasteiger partial charge in [0, 0.05) is 43.9 Å². The van der Waals surface area contributed by atoms with Gasteiger partial charge in [-0.15, -0.1) is 0 Å². The van der Waals surface area contributed by atoms with E-state index in [4.69, 9.17) is 0 Å². The Morgan fingerprint density at radius 1 is 1.22 bits per heavy atom. The van der Waals surface area contributed by atoms with Gasteiger partial charge < -0.3 is 5.32 Å². The maximum Gasteiger partial charge on any atom is 0.130 e. The van der Waals surface area contributed by atoms with E-state index in [2.05, 4.69) is 5.32 Å². The molecule has 1 aliphatic heterocycles. The Bertz CT molecular complexity index is 392. The van der Waals surface area contributed by atoms with Gasteiger partial charge in [-0.05, 0) is 12.5 Å². The molecule has 0 amide bonds. The lowest BCUT2D eigenvalue weighted by Crippen LogP contribution is -2.45. The van der Waals surface area contributed by atoms with Crippen molar-refractivity contribution in [2.75, 3.05) is 32.9 Å². The maximum absolute atomic E-state index is 13.8. The van der Waals surface area contributed by atoms with Crippen LogP contribution in [0, 0.1) is 11.6 Å². The Morgan fingerprint density at radius 3 is 2.56 bits per heavy atom. The van der Waals surface area contributed by atoms with Gasteiger partial charge in [0.1, 0.15) is 11.6 Å². The molecule has 2 rings (SSSR count). The number of hydrogen-bond donors (Lipinski definition) is 1. The molecule has 2 nitrogen and oxygen atoms in total. The van der Waals surface area contributed by atoms with Gasteiger partial charge >= 0.3 is 0 Å². The molecule has 5 heteroatoms. The average Bonchev–Trinajstić information content (AvgIpc) is 2.38. The summed E-state index contributed by atoms with van der Waals surface area (Å²) in [6.07, 6.45) is 0.239. The fourth-order valence-corrected chi connectivity index (χ4v) is 2.40. The molecule has 1 atom stereocenters. The van der Waals surface area contributed by atoms with Crippen LogP contribution in [0.2, 0.25) is 0 Å². The minimum absolute atomic E-state index is 0.239. The van der Waals surface area contributed by atoms with Crippen molar-refractivity contribution in [2.45, 2.75) is 12.5 Å². The number of nitrogens with one attached hydrogen (secondary N) is 1. The number of rotatable bonds is 4. The van der Waals surface area contributed by atoms with Crippen LogP contribution in [0.25, 0.3) is 0 Å². The normalized spacial score (nSPS) is 18.8. The Labute approximate surface area is 105 Å². The molecular formula is C13H17F3N2. The molecule has 1 aromatic rings. The Balaban J connectivity index is 2.22. The second-order valence-corrected chi connectivity index (χ2v) is 4.45. The molecule has 1 saturated heterocycles. The fraction of sp³-hybridized carbons (Fsp3) is 0.538. The molecule has 0 aromatic heterocycles. The zero-order valence-electron chi connectivity index (χ0n) is 10.1. The quantitative estimate of drug-likeness (QED) is 0.891. The van der Waals surface area contributed by atoms with Crippen LogP contribution in [0.3, 0.4) is 0 Å². The van der Waals surface area contributed by atoms with Crippen molar-refractivity contribution in [1.82, 2.24) is 10.2 Å². The van der Waals surface area contributed by atoms with E-state index in [0.29, 0.717) is 5.56 Å². The van der Waals surface area contributed by atoms with Crippen LogP contribution in [0.5, 0.6) is 0 Å². The topological polar surface area (TPSA) is 15.3 Å². The lowest BCUT2D eigenvalue weighted by molar-refractivity contribution is 0.154. The molecule has 1 aromatic carbocycles. The Kier molecular flexibility index (Phi) is 4.60. The number of hydrogen-bond acceptors (Lipinski definition) is 2. The molecule has 0 radical (unpaired) electrons. The van der Waals surface area contributed by atoms with Crippen molar-refractivity contribution >= 4 is 0 Å². The molecule has 0 unspecified atom stereocenters. The predicted molar refractivity (Wildman–Crippen MR) is 64.1 cm³/mol. The molecule has 0 aliphatic carbocycles. The van der Waals surface area contributed by atoms with Crippen LogP contribution < -0.4 is 5.32 Å². The van der Waals surface area contributed by atoms with Crippen LogP contribution in [-0.4, -0.2) is 37.8 Å². The van der Waals surface area contributed by atoms with Crippen molar-refractivity contribution in [3.63, 3.8) is 0 Å². The maximum atomic E-state index is 13.8. The van der Waals surface area contributed by atoms with Crippen LogP contribution in [0.1, 0.15) is 18.0 Å². The highest BCUT2D eigenvalue weighted by atomic mass is 19.1. The van der Waals surface area contributed by atoms with Gasteiger partial charge in [-0.2, -0.15) is 0 Å². The SMILES string of the molecule is FCC[C@@H](c1ccc(F)cc1F)N1CCNCC1. The summed E-state index contributed by atoms with van der Waals surface area (Å²) in [6, 6.07) is 3.21. The van der Waals surface area contributed by atoms with Crippen molar-refractivity contribution < 1.29 is 13.2 Å². The molecule has 1 fully saturated rings. The first-order chi connectivity index (χ1) is 8.72. The molecule has 1 aliphatic rings. The van der Waals surface area contributed by atoms with E-state index in [1.54, 1.807) is 0 Å². The second kappa shape index (κ2) is 6.20. The molecule has 0 spiro atoms. The number of nitrogens with zero attached hydrogens (tertiary/aromatic N) is 1. The van der Waals surface area contributed by atoms with E-state index >= 15 is 0 Å². The summed E-state index contributed by atoms with van der Waals surface area (Å²) in [5.41, 5.74) is 0.385. The van der Waals surface area contributed by atoms with Gasteiger partial charge in [0.05, 0.1) is 6.67 Å². The van der Waals surface area contributed by atoms with Gasteiger partial charge in [0.15, 0.2) is 0 Å². The summed E-state index contributed by atoms with van der Waals surface area (Å²) in [4.78, 5) is 2.05. The van der Waals surface area contributed by atoms with Gasteiger partial charge in [-0.3, -0.25) is 9.29 Å². The molecule has 0 bridgehead atoms. The summed E-state index contributed by atoms with van der Waals surface area (Å²) >= 11 is 0. The van der Waals surface area contributed by atoms with E-state index in [-0.39, 0.29) is 12.5 Å². The predicted octanol–water partition coefficient (Wildman–Crippen LogP) is 2.27. The summed E-state index contributed by atoms with van der Waals surface area (Å²) in [7, 11) is 0. The minimum Gasteiger partial charge on any atom is -0.314 e. The van der Waals surface area contributed by atoms with Crippen LogP contribution in [0.4, 0.5) is 13.2 Å². The highest BCUT2D eigenvalue weighted by Crippen LogP contribution is 2.27. The fourth-order valence-electron chi connectivity index (χ4n) is 2.40. The number of alkyl halides is 1. The highest BCUT2D eigenvalue weighted by molar-refractivity contribution is 5.22. The average molecular weight is 258 g/mol.